The van der Waals surface area contributed by atoms with Crippen LogP contribution in [0.2, 0.25) is 0 Å². The zero-order valence-electron chi connectivity index (χ0n) is 16.8. The maximum atomic E-state index is 12.4. The Bertz CT molecular complexity index is 913. The largest absolute Gasteiger partial charge is 0.494 e. The topological polar surface area (TPSA) is 68.6 Å². The molecule has 1 aliphatic heterocycles. The molecule has 2 aromatic carbocycles. The fourth-order valence-electron chi connectivity index (χ4n) is 3.43. The summed E-state index contributed by atoms with van der Waals surface area (Å²) in [6.07, 6.45) is 4.20. The predicted molar refractivity (Wildman–Crippen MR) is 114 cm³/mol. The summed E-state index contributed by atoms with van der Waals surface area (Å²) in [5.41, 5.74) is 1.98. The van der Waals surface area contributed by atoms with Crippen LogP contribution in [0.3, 0.4) is 0 Å². The lowest BCUT2D eigenvalue weighted by Gasteiger charge is -2.33. The molecule has 1 N–H and O–H groups in total. The van der Waals surface area contributed by atoms with E-state index in [1.54, 1.807) is 15.8 Å². The average molecular weight is 406 g/mol. The number of carbonyl (C=O) groups is 1. The first-order chi connectivity index (χ1) is 14.8. The van der Waals surface area contributed by atoms with Crippen molar-refractivity contribution in [2.75, 3.05) is 26.2 Å². The summed E-state index contributed by atoms with van der Waals surface area (Å²) in [6, 6.07) is 19.6. The molecule has 0 radical (unpaired) electrons. The van der Waals surface area contributed by atoms with Crippen LogP contribution < -0.4 is 10.1 Å². The number of nitrogens with one attached hydrogen (secondary N) is 1. The van der Waals surface area contributed by atoms with Gasteiger partial charge in [0.15, 0.2) is 0 Å². The van der Waals surface area contributed by atoms with Gasteiger partial charge in [0.2, 0.25) is 0 Å². The van der Waals surface area contributed by atoms with Gasteiger partial charge in [0.1, 0.15) is 12.4 Å². The molecule has 3 aromatic rings. The normalized spacial score (nSPS) is 16.3. The molecule has 4 rings (SSSR count). The Hall–Kier alpha value is -3.32. The second-order valence-electron chi connectivity index (χ2n) is 7.22. The van der Waals surface area contributed by atoms with Gasteiger partial charge in [0.05, 0.1) is 12.3 Å². The van der Waals surface area contributed by atoms with Gasteiger partial charge in [-0.2, -0.15) is 5.10 Å². The van der Waals surface area contributed by atoms with E-state index in [-0.39, 0.29) is 12.1 Å². The Morgan fingerprint density at radius 2 is 1.93 bits per heavy atom. The van der Waals surface area contributed by atoms with Crippen molar-refractivity contribution in [2.45, 2.75) is 19.1 Å². The number of aromatic nitrogens is 2. The van der Waals surface area contributed by atoms with E-state index in [0.29, 0.717) is 26.3 Å². The monoisotopic (exact) mass is 406 g/mol. The highest BCUT2D eigenvalue weighted by Gasteiger charge is 2.24. The smallest absolute Gasteiger partial charge is 0.410 e. The third kappa shape index (κ3) is 5.39. The summed E-state index contributed by atoms with van der Waals surface area (Å²) in [4.78, 5) is 14.1. The molecule has 30 heavy (non-hydrogen) atoms. The third-order valence-corrected chi connectivity index (χ3v) is 5.06. The van der Waals surface area contributed by atoms with E-state index in [1.807, 2.05) is 66.9 Å². The summed E-state index contributed by atoms with van der Waals surface area (Å²) < 4.78 is 13.1. The molecule has 1 saturated heterocycles. The molecular weight excluding hydrogens is 380 g/mol. The molecule has 0 unspecified atom stereocenters. The number of benzene rings is 2. The quantitative estimate of drug-likeness (QED) is 0.652. The number of nitrogens with zero attached hydrogens (tertiary/aromatic N) is 3. The number of ether oxygens (including phenoxy) is 2. The minimum Gasteiger partial charge on any atom is -0.494 e. The van der Waals surface area contributed by atoms with E-state index >= 15 is 0 Å². The molecule has 1 fully saturated rings. The number of hydrogen-bond acceptors (Lipinski definition) is 5. The molecule has 7 nitrogen and oxygen atoms in total. The lowest BCUT2D eigenvalue weighted by atomic mass is 10.1. The second-order valence-corrected chi connectivity index (χ2v) is 7.22. The van der Waals surface area contributed by atoms with Crippen LogP contribution in [0.1, 0.15) is 12.0 Å². The first kappa shape index (κ1) is 20.0. The van der Waals surface area contributed by atoms with Crippen molar-refractivity contribution in [3.8, 4) is 11.4 Å². The van der Waals surface area contributed by atoms with Gasteiger partial charge < -0.3 is 19.7 Å². The third-order valence-electron chi connectivity index (χ3n) is 5.06. The van der Waals surface area contributed by atoms with Crippen molar-refractivity contribution in [2.24, 2.45) is 0 Å². The molecule has 2 heterocycles. The SMILES string of the molecule is O=C(OCc1ccccc1)N1CCN[C@H](CCOc2ccc(-n3cccn3)cc2)C1. The van der Waals surface area contributed by atoms with E-state index in [9.17, 15) is 4.79 Å². The maximum Gasteiger partial charge on any atom is 0.410 e. The minimum absolute atomic E-state index is 0.186. The molecule has 0 bridgehead atoms. The molecule has 0 aliphatic carbocycles. The average Bonchev–Trinajstić information content (AvgIpc) is 3.34. The van der Waals surface area contributed by atoms with Crippen LogP contribution >= 0.6 is 0 Å². The summed E-state index contributed by atoms with van der Waals surface area (Å²) >= 11 is 0. The molecule has 1 amide bonds. The fraction of sp³-hybridized carbons (Fsp3) is 0.304. The Kier molecular flexibility index (Phi) is 6.61. The number of hydrogen-bond donors (Lipinski definition) is 1. The minimum atomic E-state index is -0.263. The Morgan fingerprint density at radius 3 is 2.70 bits per heavy atom. The van der Waals surface area contributed by atoms with E-state index in [2.05, 4.69) is 10.4 Å². The summed E-state index contributed by atoms with van der Waals surface area (Å²) in [5, 5.41) is 7.67. The van der Waals surface area contributed by atoms with E-state index < -0.39 is 0 Å². The van der Waals surface area contributed by atoms with E-state index in [0.717, 1.165) is 30.0 Å². The first-order valence-corrected chi connectivity index (χ1v) is 10.2. The summed E-state index contributed by atoms with van der Waals surface area (Å²) in [5.74, 6) is 0.820. The standard InChI is InChI=1S/C23H26N4O3/c28-23(30-18-19-5-2-1-3-6-19)26-15-13-24-20(17-26)11-16-29-22-9-7-21(8-10-22)27-14-4-12-25-27/h1-10,12,14,20,24H,11,13,15-18H2/t20-/m1/s1. The van der Waals surface area contributed by atoms with Gasteiger partial charge in [-0.1, -0.05) is 30.3 Å². The van der Waals surface area contributed by atoms with Crippen molar-refractivity contribution in [3.05, 3.63) is 78.6 Å². The van der Waals surface area contributed by atoms with Crippen LogP contribution in [-0.4, -0.2) is 53.1 Å². The molecular formula is C23H26N4O3. The van der Waals surface area contributed by atoms with Crippen LogP contribution in [0.4, 0.5) is 4.79 Å². The second kappa shape index (κ2) is 9.93. The highest BCUT2D eigenvalue weighted by Crippen LogP contribution is 2.15. The van der Waals surface area contributed by atoms with Crippen LogP contribution in [-0.2, 0) is 11.3 Å². The van der Waals surface area contributed by atoms with Crippen molar-refractivity contribution >= 4 is 6.09 Å². The van der Waals surface area contributed by atoms with E-state index in [1.165, 1.54) is 0 Å². The molecule has 1 aromatic heterocycles. The number of piperazine rings is 1. The first-order valence-electron chi connectivity index (χ1n) is 10.2. The van der Waals surface area contributed by atoms with Gasteiger partial charge in [0, 0.05) is 38.1 Å². The van der Waals surface area contributed by atoms with E-state index in [4.69, 9.17) is 9.47 Å². The Morgan fingerprint density at radius 1 is 1.10 bits per heavy atom. The number of amides is 1. The van der Waals surface area contributed by atoms with Crippen LogP contribution in [0, 0.1) is 0 Å². The molecule has 0 spiro atoms. The lowest BCUT2D eigenvalue weighted by Crippen LogP contribution is -2.53. The number of carbonyl (C=O) groups excluding carboxylic acids is 1. The van der Waals surface area contributed by atoms with Gasteiger partial charge in [0.25, 0.3) is 0 Å². The van der Waals surface area contributed by atoms with Crippen molar-refractivity contribution < 1.29 is 14.3 Å². The molecule has 156 valence electrons. The highest BCUT2D eigenvalue weighted by molar-refractivity contribution is 5.67. The molecule has 1 aliphatic rings. The highest BCUT2D eigenvalue weighted by atomic mass is 16.6. The van der Waals surface area contributed by atoms with Gasteiger partial charge in [-0.15, -0.1) is 0 Å². The predicted octanol–water partition coefficient (Wildman–Crippen LogP) is 3.25. The zero-order valence-corrected chi connectivity index (χ0v) is 16.8. The van der Waals surface area contributed by atoms with Crippen LogP contribution in [0.25, 0.3) is 5.69 Å². The van der Waals surface area contributed by atoms with Crippen LogP contribution in [0.15, 0.2) is 73.1 Å². The Balaban J connectivity index is 1.20. The summed E-state index contributed by atoms with van der Waals surface area (Å²) in [6.45, 7) is 2.90. The van der Waals surface area contributed by atoms with Gasteiger partial charge in [-0.25, -0.2) is 9.48 Å². The van der Waals surface area contributed by atoms with Gasteiger partial charge in [-0.05, 0) is 42.3 Å². The molecule has 7 heteroatoms. The lowest BCUT2D eigenvalue weighted by molar-refractivity contribution is 0.0827. The van der Waals surface area contributed by atoms with Crippen molar-refractivity contribution in [1.82, 2.24) is 20.0 Å². The Labute approximate surface area is 176 Å². The fourth-order valence-corrected chi connectivity index (χ4v) is 3.43. The van der Waals surface area contributed by atoms with Gasteiger partial charge >= 0.3 is 6.09 Å². The summed E-state index contributed by atoms with van der Waals surface area (Å²) in [7, 11) is 0. The molecule has 1 atom stereocenters. The zero-order chi connectivity index (χ0) is 20.6. The number of rotatable bonds is 7. The van der Waals surface area contributed by atoms with Gasteiger partial charge in [-0.3, -0.25) is 0 Å². The molecule has 0 saturated carbocycles. The van der Waals surface area contributed by atoms with Crippen molar-refractivity contribution in [1.29, 1.82) is 0 Å². The van der Waals surface area contributed by atoms with Crippen molar-refractivity contribution in [3.63, 3.8) is 0 Å². The van der Waals surface area contributed by atoms with Crippen LogP contribution in [0.5, 0.6) is 5.75 Å². The maximum absolute atomic E-state index is 12.4.